The van der Waals surface area contributed by atoms with Gasteiger partial charge in [-0.15, -0.1) is 0 Å². The molecule has 4 heteroatoms. The summed E-state index contributed by atoms with van der Waals surface area (Å²) in [6.07, 6.45) is 0. The van der Waals surface area contributed by atoms with Gasteiger partial charge in [-0.3, -0.25) is 0 Å². The Hall–Kier alpha value is -1.03. The van der Waals surface area contributed by atoms with Crippen LogP contribution in [-0.4, -0.2) is 6.54 Å². The molecular formula is C14H14BrClN2. The Labute approximate surface area is 120 Å². The number of halogens is 2. The molecule has 18 heavy (non-hydrogen) atoms. The van der Waals surface area contributed by atoms with E-state index in [2.05, 4.69) is 27.3 Å². The molecule has 2 aromatic carbocycles. The summed E-state index contributed by atoms with van der Waals surface area (Å²) in [5.74, 6) is 0. The monoisotopic (exact) mass is 324 g/mol. The van der Waals surface area contributed by atoms with Crippen LogP contribution in [0, 0.1) is 0 Å². The van der Waals surface area contributed by atoms with Crippen molar-refractivity contribution in [2.45, 2.75) is 6.04 Å². The van der Waals surface area contributed by atoms with E-state index in [1.165, 1.54) is 0 Å². The largest absolute Gasteiger partial charge is 0.377 e. The van der Waals surface area contributed by atoms with Crippen LogP contribution in [0.5, 0.6) is 0 Å². The molecular weight excluding hydrogens is 312 g/mol. The SMILES string of the molecule is NCC(Nc1cccc(Cl)c1)c1ccccc1Br. The average molecular weight is 326 g/mol. The van der Waals surface area contributed by atoms with Crippen molar-refractivity contribution in [3.05, 3.63) is 63.6 Å². The van der Waals surface area contributed by atoms with Gasteiger partial charge >= 0.3 is 0 Å². The molecule has 3 N–H and O–H groups in total. The molecule has 0 heterocycles. The quantitative estimate of drug-likeness (QED) is 0.883. The summed E-state index contributed by atoms with van der Waals surface area (Å²) >= 11 is 9.51. The molecule has 0 amide bonds. The van der Waals surface area contributed by atoms with Crippen molar-refractivity contribution in [3.63, 3.8) is 0 Å². The lowest BCUT2D eigenvalue weighted by atomic mass is 10.1. The minimum atomic E-state index is 0.0547. The highest BCUT2D eigenvalue weighted by Crippen LogP contribution is 2.26. The van der Waals surface area contributed by atoms with Gasteiger partial charge < -0.3 is 11.1 Å². The fourth-order valence-corrected chi connectivity index (χ4v) is 2.55. The van der Waals surface area contributed by atoms with Gasteiger partial charge in [0.05, 0.1) is 6.04 Å². The van der Waals surface area contributed by atoms with Crippen molar-refractivity contribution in [3.8, 4) is 0 Å². The highest BCUT2D eigenvalue weighted by Gasteiger charge is 2.12. The maximum absolute atomic E-state index is 5.97. The van der Waals surface area contributed by atoms with E-state index < -0.39 is 0 Å². The van der Waals surface area contributed by atoms with Crippen molar-refractivity contribution in [2.24, 2.45) is 5.73 Å². The smallest absolute Gasteiger partial charge is 0.0647 e. The second-order valence-corrected chi connectivity index (χ2v) is 5.26. The summed E-state index contributed by atoms with van der Waals surface area (Å²) in [7, 11) is 0. The zero-order valence-electron chi connectivity index (χ0n) is 9.74. The Bertz CT molecular complexity index is 531. The Morgan fingerprint density at radius 1 is 1.17 bits per heavy atom. The molecule has 0 radical (unpaired) electrons. The third kappa shape index (κ3) is 3.25. The van der Waals surface area contributed by atoms with Gasteiger partial charge in [0.15, 0.2) is 0 Å². The summed E-state index contributed by atoms with van der Waals surface area (Å²) in [5.41, 5.74) is 7.95. The van der Waals surface area contributed by atoms with Crippen LogP contribution in [-0.2, 0) is 0 Å². The van der Waals surface area contributed by atoms with Crippen LogP contribution in [0.3, 0.4) is 0 Å². The molecule has 0 aliphatic rings. The minimum absolute atomic E-state index is 0.0547. The van der Waals surface area contributed by atoms with Gasteiger partial charge in [-0.1, -0.05) is 51.8 Å². The van der Waals surface area contributed by atoms with Crippen molar-refractivity contribution in [1.29, 1.82) is 0 Å². The average Bonchev–Trinajstić information content (AvgIpc) is 2.37. The van der Waals surface area contributed by atoms with Crippen LogP contribution in [0.25, 0.3) is 0 Å². The Morgan fingerprint density at radius 3 is 2.61 bits per heavy atom. The number of anilines is 1. The fraction of sp³-hybridized carbons (Fsp3) is 0.143. The van der Waals surface area contributed by atoms with E-state index in [9.17, 15) is 0 Å². The van der Waals surface area contributed by atoms with Crippen LogP contribution in [0.2, 0.25) is 5.02 Å². The normalized spacial score (nSPS) is 12.2. The first kappa shape index (κ1) is 13.4. The van der Waals surface area contributed by atoms with Crippen LogP contribution < -0.4 is 11.1 Å². The van der Waals surface area contributed by atoms with Gasteiger partial charge in [0.2, 0.25) is 0 Å². The van der Waals surface area contributed by atoms with Crippen molar-refractivity contribution in [2.75, 3.05) is 11.9 Å². The number of nitrogens with one attached hydrogen (secondary N) is 1. The number of benzene rings is 2. The number of nitrogens with two attached hydrogens (primary N) is 1. The van der Waals surface area contributed by atoms with E-state index >= 15 is 0 Å². The number of rotatable bonds is 4. The number of hydrogen-bond acceptors (Lipinski definition) is 2. The zero-order chi connectivity index (χ0) is 13.0. The summed E-state index contributed by atoms with van der Waals surface area (Å²) in [6, 6.07) is 15.7. The van der Waals surface area contributed by atoms with Crippen molar-refractivity contribution >= 4 is 33.2 Å². The molecule has 0 saturated heterocycles. The van der Waals surface area contributed by atoms with Gasteiger partial charge in [-0.05, 0) is 29.8 Å². The van der Waals surface area contributed by atoms with Crippen molar-refractivity contribution in [1.82, 2.24) is 0 Å². The molecule has 0 saturated carbocycles. The van der Waals surface area contributed by atoms with Crippen molar-refractivity contribution < 1.29 is 0 Å². The van der Waals surface area contributed by atoms with Gasteiger partial charge in [0.25, 0.3) is 0 Å². The first-order valence-electron chi connectivity index (χ1n) is 5.67. The topological polar surface area (TPSA) is 38.0 Å². The summed E-state index contributed by atoms with van der Waals surface area (Å²) in [4.78, 5) is 0. The molecule has 94 valence electrons. The molecule has 0 spiro atoms. The Morgan fingerprint density at radius 2 is 1.94 bits per heavy atom. The van der Waals surface area contributed by atoms with E-state index in [-0.39, 0.29) is 6.04 Å². The van der Waals surface area contributed by atoms with E-state index in [0.29, 0.717) is 11.6 Å². The summed E-state index contributed by atoms with van der Waals surface area (Å²) < 4.78 is 1.05. The molecule has 0 aromatic heterocycles. The first-order valence-corrected chi connectivity index (χ1v) is 6.84. The van der Waals surface area contributed by atoms with Crippen LogP contribution in [0.15, 0.2) is 53.0 Å². The Balaban J connectivity index is 2.23. The predicted molar refractivity (Wildman–Crippen MR) is 81.0 cm³/mol. The van der Waals surface area contributed by atoms with Gasteiger partial charge in [0.1, 0.15) is 0 Å². The predicted octanol–water partition coefficient (Wildman–Crippen LogP) is 4.21. The van der Waals surface area contributed by atoms with Crippen LogP contribution >= 0.6 is 27.5 Å². The third-order valence-corrected chi connectivity index (χ3v) is 3.64. The van der Waals surface area contributed by atoms with E-state index in [4.69, 9.17) is 17.3 Å². The highest BCUT2D eigenvalue weighted by atomic mass is 79.9. The molecule has 0 aliphatic carbocycles. The van der Waals surface area contributed by atoms with Gasteiger partial charge in [-0.2, -0.15) is 0 Å². The van der Waals surface area contributed by atoms with Gasteiger partial charge in [0, 0.05) is 21.7 Å². The molecule has 0 fully saturated rings. The molecule has 2 aromatic rings. The lowest BCUT2D eigenvalue weighted by molar-refractivity contribution is 0.786. The van der Waals surface area contributed by atoms with E-state index in [1.54, 1.807) is 0 Å². The maximum atomic E-state index is 5.97. The van der Waals surface area contributed by atoms with Gasteiger partial charge in [-0.25, -0.2) is 0 Å². The zero-order valence-corrected chi connectivity index (χ0v) is 12.1. The maximum Gasteiger partial charge on any atom is 0.0647 e. The molecule has 1 unspecified atom stereocenters. The molecule has 1 atom stereocenters. The number of hydrogen-bond donors (Lipinski definition) is 2. The standard InChI is InChI=1S/C14H14BrClN2/c15-13-7-2-1-6-12(13)14(9-17)18-11-5-3-4-10(16)8-11/h1-8,14,18H,9,17H2. The van der Waals surface area contributed by atoms with E-state index in [0.717, 1.165) is 15.7 Å². The lowest BCUT2D eigenvalue weighted by Gasteiger charge is -2.20. The third-order valence-electron chi connectivity index (χ3n) is 2.68. The van der Waals surface area contributed by atoms with Crippen LogP contribution in [0.1, 0.15) is 11.6 Å². The molecule has 2 nitrogen and oxygen atoms in total. The Kier molecular flexibility index (Phi) is 4.64. The molecule has 0 bridgehead atoms. The molecule has 0 aliphatic heterocycles. The summed E-state index contributed by atoms with van der Waals surface area (Å²) in [5, 5.41) is 4.10. The second-order valence-electron chi connectivity index (χ2n) is 3.96. The minimum Gasteiger partial charge on any atom is -0.377 e. The fourth-order valence-electron chi connectivity index (χ4n) is 1.80. The first-order chi connectivity index (χ1) is 8.70. The summed E-state index contributed by atoms with van der Waals surface area (Å²) in [6.45, 7) is 0.509. The lowest BCUT2D eigenvalue weighted by Crippen LogP contribution is -2.20. The highest BCUT2D eigenvalue weighted by molar-refractivity contribution is 9.10. The van der Waals surface area contributed by atoms with Crippen LogP contribution in [0.4, 0.5) is 5.69 Å². The molecule has 2 rings (SSSR count). The second kappa shape index (κ2) is 6.23. The van der Waals surface area contributed by atoms with E-state index in [1.807, 2.05) is 42.5 Å².